The molecule has 232 valence electrons. The zero-order valence-electron chi connectivity index (χ0n) is 27.7. The summed E-state index contributed by atoms with van der Waals surface area (Å²) >= 11 is 0. The molecule has 2 heteroatoms. The van der Waals surface area contributed by atoms with E-state index in [1.807, 2.05) is 19.1 Å². The summed E-state index contributed by atoms with van der Waals surface area (Å²) in [5.74, 6) is 0.866. The lowest BCUT2D eigenvalue weighted by atomic mass is 9.94. The van der Waals surface area contributed by atoms with Gasteiger partial charge in [-0.3, -0.25) is 0 Å². The molecule has 0 aliphatic carbocycles. The lowest BCUT2D eigenvalue weighted by molar-refractivity contribution is 0.604. The maximum Gasteiger partial charge on any atom is 0.147 e. The monoisotopic (exact) mass is 620 g/mol. The van der Waals surface area contributed by atoms with E-state index in [2.05, 4.69) is 154 Å². The van der Waals surface area contributed by atoms with Crippen LogP contribution in [0.2, 0.25) is 0 Å². The van der Waals surface area contributed by atoms with Crippen LogP contribution < -0.4 is 10.4 Å². The van der Waals surface area contributed by atoms with Gasteiger partial charge in [0.25, 0.3) is 0 Å². The molecule has 0 saturated heterocycles. The Hall–Kier alpha value is -5.86. The molecular formula is C46H36O2. The summed E-state index contributed by atoms with van der Waals surface area (Å²) in [6.07, 6.45) is 8.54. The Balaban J connectivity index is 1.48. The SMILES string of the molecule is CC=c1c(-c2ccc3oc4c5c(C)c(/C=C\C)oc5c5ccccc5c4c3c2)ccccccc(-c2cccc3ccccc23)/c1=C/C. The summed E-state index contributed by atoms with van der Waals surface area (Å²) in [6.45, 7) is 8.41. The Morgan fingerprint density at radius 2 is 1.15 bits per heavy atom. The summed E-state index contributed by atoms with van der Waals surface area (Å²) in [7, 11) is 0. The van der Waals surface area contributed by atoms with Crippen molar-refractivity contribution in [2.24, 2.45) is 0 Å². The molecule has 6 aromatic carbocycles. The maximum atomic E-state index is 6.72. The molecule has 0 aliphatic rings. The molecule has 0 radical (unpaired) electrons. The molecule has 0 atom stereocenters. The third kappa shape index (κ3) is 4.64. The maximum absolute atomic E-state index is 6.72. The molecule has 0 amide bonds. The molecule has 0 saturated carbocycles. The second-order valence-corrected chi connectivity index (χ2v) is 12.2. The van der Waals surface area contributed by atoms with Crippen molar-refractivity contribution in [1.82, 2.24) is 0 Å². The summed E-state index contributed by atoms with van der Waals surface area (Å²) in [5, 5.41) is 10.3. The molecule has 8 aromatic rings. The van der Waals surface area contributed by atoms with E-state index in [0.717, 1.165) is 66.1 Å². The zero-order chi connectivity index (χ0) is 32.8. The molecule has 0 unspecified atom stereocenters. The lowest BCUT2D eigenvalue weighted by Gasteiger charge is -2.09. The van der Waals surface area contributed by atoms with Gasteiger partial charge in [-0.1, -0.05) is 127 Å². The Morgan fingerprint density at radius 1 is 0.500 bits per heavy atom. The minimum Gasteiger partial charge on any atom is -0.456 e. The van der Waals surface area contributed by atoms with E-state index in [1.54, 1.807) is 0 Å². The summed E-state index contributed by atoms with van der Waals surface area (Å²) < 4.78 is 13.2. The molecule has 0 bridgehead atoms. The minimum absolute atomic E-state index is 0.864. The second kappa shape index (κ2) is 12.1. The van der Waals surface area contributed by atoms with Crippen molar-refractivity contribution in [2.75, 3.05) is 0 Å². The summed E-state index contributed by atoms with van der Waals surface area (Å²) in [5.41, 5.74) is 8.39. The first-order valence-electron chi connectivity index (χ1n) is 16.6. The van der Waals surface area contributed by atoms with E-state index in [0.29, 0.717) is 0 Å². The fraction of sp³-hybridized carbons (Fsp3) is 0.0870. The average molecular weight is 621 g/mol. The summed E-state index contributed by atoms with van der Waals surface area (Å²) in [6, 6.07) is 43.3. The van der Waals surface area contributed by atoms with Crippen LogP contribution in [0.3, 0.4) is 0 Å². The normalized spacial score (nSPS) is 12.8. The molecule has 8 rings (SSSR count). The number of rotatable bonds is 3. The topological polar surface area (TPSA) is 26.3 Å². The number of furan rings is 2. The first-order chi connectivity index (χ1) is 23.6. The van der Waals surface area contributed by atoms with Crippen molar-refractivity contribution in [1.29, 1.82) is 0 Å². The van der Waals surface area contributed by atoms with Crippen LogP contribution in [-0.2, 0) is 0 Å². The number of allylic oxidation sites excluding steroid dienone is 1. The highest BCUT2D eigenvalue weighted by Gasteiger charge is 2.21. The van der Waals surface area contributed by atoms with E-state index in [1.165, 1.54) is 32.3 Å². The van der Waals surface area contributed by atoms with Crippen LogP contribution in [-0.4, -0.2) is 0 Å². The van der Waals surface area contributed by atoms with E-state index >= 15 is 0 Å². The predicted molar refractivity (Wildman–Crippen MR) is 206 cm³/mol. The first-order valence-corrected chi connectivity index (χ1v) is 16.6. The van der Waals surface area contributed by atoms with Crippen LogP contribution in [0.4, 0.5) is 0 Å². The number of benzene rings is 5. The number of hydrogen-bond acceptors (Lipinski definition) is 2. The quantitative estimate of drug-likeness (QED) is 0.196. The van der Waals surface area contributed by atoms with Crippen LogP contribution in [0.25, 0.3) is 94.9 Å². The molecular weight excluding hydrogens is 585 g/mol. The van der Waals surface area contributed by atoms with Crippen LogP contribution in [0, 0.1) is 6.92 Å². The third-order valence-corrected chi connectivity index (χ3v) is 9.56. The molecule has 0 aliphatic heterocycles. The van der Waals surface area contributed by atoms with Gasteiger partial charge in [-0.25, -0.2) is 0 Å². The smallest absolute Gasteiger partial charge is 0.147 e. The van der Waals surface area contributed by atoms with Crippen LogP contribution in [0.5, 0.6) is 0 Å². The fourth-order valence-electron chi connectivity index (χ4n) is 7.38. The van der Waals surface area contributed by atoms with Crippen LogP contribution >= 0.6 is 0 Å². The van der Waals surface area contributed by atoms with Crippen molar-refractivity contribution in [2.45, 2.75) is 27.7 Å². The van der Waals surface area contributed by atoms with E-state index in [9.17, 15) is 0 Å². The molecule has 0 fully saturated rings. The van der Waals surface area contributed by atoms with E-state index in [4.69, 9.17) is 8.83 Å². The fourth-order valence-corrected chi connectivity index (χ4v) is 7.38. The third-order valence-electron chi connectivity index (χ3n) is 9.56. The lowest BCUT2D eigenvalue weighted by Crippen LogP contribution is -2.27. The highest BCUT2D eigenvalue weighted by Crippen LogP contribution is 2.44. The van der Waals surface area contributed by atoms with Crippen LogP contribution in [0.15, 0.2) is 136 Å². The highest BCUT2D eigenvalue weighted by molar-refractivity contribution is 6.30. The van der Waals surface area contributed by atoms with E-state index < -0.39 is 0 Å². The average Bonchev–Trinajstić information content (AvgIpc) is 3.67. The predicted octanol–water partition coefficient (Wildman–Crippen LogP) is 12.0. The van der Waals surface area contributed by atoms with Crippen molar-refractivity contribution >= 4 is 72.7 Å². The Bertz CT molecular complexity index is 2760. The Labute approximate surface area is 279 Å². The van der Waals surface area contributed by atoms with Gasteiger partial charge in [0.1, 0.15) is 22.5 Å². The minimum atomic E-state index is 0.864. The zero-order valence-corrected chi connectivity index (χ0v) is 27.7. The first kappa shape index (κ1) is 29.5. The van der Waals surface area contributed by atoms with Crippen molar-refractivity contribution in [3.8, 4) is 22.3 Å². The largest absolute Gasteiger partial charge is 0.456 e. The van der Waals surface area contributed by atoms with E-state index in [-0.39, 0.29) is 0 Å². The van der Waals surface area contributed by atoms with Gasteiger partial charge in [0.2, 0.25) is 0 Å². The van der Waals surface area contributed by atoms with Gasteiger partial charge in [-0.2, -0.15) is 0 Å². The molecule has 48 heavy (non-hydrogen) atoms. The van der Waals surface area contributed by atoms with Gasteiger partial charge in [0.05, 0.1) is 5.39 Å². The number of fused-ring (bicyclic) bond motifs is 9. The molecule has 0 N–H and O–H groups in total. The van der Waals surface area contributed by atoms with Gasteiger partial charge in [-0.15, -0.1) is 0 Å². The Kier molecular flexibility index (Phi) is 7.42. The van der Waals surface area contributed by atoms with Crippen molar-refractivity contribution in [3.05, 3.63) is 149 Å². The molecule has 0 spiro atoms. The van der Waals surface area contributed by atoms with Gasteiger partial charge < -0.3 is 8.83 Å². The second-order valence-electron chi connectivity index (χ2n) is 12.2. The molecule has 2 nitrogen and oxygen atoms in total. The number of aryl methyl sites for hydroxylation is 1. The summed E-state index contributed by atoms with van der Waals surface area (Å²) in [4.78, 5) is 0. The van der Waals surface area contributed by atoms with Gasteiger partial charge >= 0.3 is 0 Å². The Morgan fingerprint density at radius 3 is 1.92 bits per heavy atom. The molecule has 2 aromatic heterocycles. The van der Waals surface area contributed by atoms with Crippen molar-refractivity contribution in [3.63, 3.8) is 0 Å². The number of hydrogen-bond donors (Lipinski definition) is 0. The highest BCUT2D eigenvalue weighted by atomic mass is 16.3. The van der Waals surface area contributed by atoms with Gasteiger partial charge in [-0.05, 0) is 94.8 Å². The molecule has 2 heterocycles. The van der Waals surface area contributed by atoms with Gasteiger partial charge in [0, 0.05) is 21.7 Å². The van der Waals surface area contributed by atoms with Gasteiger partial charge in [0.15, 0.2) is 0 Å². The van der Waals surface area contributed by atoms with Crippen molar-refractivity contribution < 1.29 is 8.83 Å². The standard InChI is InChI=1S/C46H36O2/c1-5-17-41-29(4)43-45(47-41)39-24-15-14-23-38(39)44-40-28-31(26-27-42(40)48-46(43)44)35-20-10-8-9-11-22-36(33(7-3)32(35)6-2)37-25-16-19-30-18-12-13-21-34(30)37/h5-28H,1-4H3/b10-8?,11-9?,17-5-,32-6?,33-7+,35-20?,36-22?. The van der Waals surface area contributed by atoms with Crippen LogP contribution in [0.1, 0.15) is 32.1 Å².